The first-order chi connectivity index (χ1) is 17.3. The number of phenols is 2. The summed E-state index contributed by atoms with van der Waals surface area (Å²) in [5.41, 5.74) is 5.23. The third-order valence-corrected chi connectivity index (χ3v) is 9.04. The highest BCUT2D eigenvalue weighted by atomic mass is 32.2. The van der Waals surface area contributed by atoms with E-state index in [2.05, 4.69) is 11.9 Å². The Morgan fingerprint density at radius 1 is 0.750 bits per heavy atom. The number of phenolic OH excluding ortho intramolecular Hbond substituents is 2. The van der Waals surface area contributed by atoms with Gasteiger partial charge in [0, 0.05) is 27.9 Å². The molecule has 0 unspecified atom stereocenters. The fourth-order valence-electron chi connectivity index (χ4n) is 5.14. The molecule has 0 radical (unpaired) electrons. The van der Waals surface area contributed by atoms with Crippen LogP contribution in [0.4, 0.5) is 0 Å². The largest absolute Gasteiger partial charge is 0.508 e. The zero-order chi connectivity index (χ0) is 26.0. The van der Waals surface area contributed by atoms with E-state index in [0.29, 0.717) is 23.7 Å². The summed E-state index contributed by atoms with van der Waals surface area (Å²) in [6.07, 6.45) is 12.8. The van der Waals surface area contributed by atoms with Crippen molar-refractivity contribution in [3.05, 3.63) is 47.5 Å². The van der Waals surface area contributed by atoms with Crippen LogP contribution in [0.3, 0.4) is 0 Å². The van der Waals surface area contributed by atoms with Crippen molar-refractivity contribution in [2.45, 2.75) is 90.9 Å². The molecule has 0 saturated carbocycles. The Balaban J connectivity index is 1.38. The number of nitrogens with one attached hydrogen (secondary N) is 1. The Labute approximate surface area is 216 Å². The Bertz CT molecular complexity index is 1200. The van der Waals surface area contributed by atoms with Crippen molar-refractivity contribution in [2.24, 2.45) is 0 Å². The van der Waals surface area contributed by atoms with Gasteiger partial charge in [-0.2, -0.15) is 0 Å². The third-order valence-electron chi connectivity index (χ3n) is 7.10. The minimum absolute atomic E-state index is 0.251. The number of aryl methyl sites for hydroxylation is 2. The van der Waals surface area contributed by atoms with E-state index in [4.69, 9.17) is 0 Å². The molecule has 36 heavy (non-hydrogen) atoms. The second kappa shape index (κ2) is 13.7. The Kier molecular flexibility index (Phi) is 10.7. The molecule has 5 nitrogen and oxygen atoms in total. The van der Waals surface area contributed by atoms with Gasteiger partial charge in [-0.15, -0.1) is 0 Å². The molecule has 1 heterocycles. The molecule has 0 aliphatic rings. The molecule has 0 saturated heterocycles. The molecule has 0 spiro atoms. The van der Waals surface area contributed by atoms with Crippen LogP contribution >= 0.6 is 0 Å². The topological polar surface area (TPSA) is 90.4 Å². The number of benzene rings is 2. The van der Waals surface area contributed by atoms with E-state index in [9.17, 15) is 18.6 Å². The standard InChI is InChI=1S/C30H43NO4S/c1-3-21-36(34,35)22-13-11-9-7-5-4-6-8-10-12-14-26-28(33)20-19-27-29(26)23(2)30(31-27)24-15-17-25(32)18-16-24/h15-20,31-33H,3-14,21-22H2,1-2H3. The number of unbranched alkanes of at least 4 members (excludes halogenated alkanes) is 9. The van der Waals surface area contributed by atoms with Gasteiger partial charge in [-0.05, 0) is 80.1 Å². The molecule has 0 bridgehead atoms. The predicted molar refractivity (Wildman–Crippen MR) is 151 cm³/mol. The van der Waals surface area contributed by atoms with Crippen LogP contribution in [0.15, 0.2) is 36.4 Å². The molecule has 2 aromatic carbocycles. The summed E-state index contributed by atoms with van der Waals surface area (Å²) in [5.74, 6) is 1.29. The van der Waals surface area contributed by atoms with Crippen molar-refractivity contribution in [2.75, 3.05) is 11.5 Å². The van der Waals surface area contributed by atoms with Gasteiger partial charge >= 0.3 is 0 Å². The van der Waals surface area contributed by atoms with E-state index in [1.54, 1.807) is 18.2 Å². The van der Waals surface area contributed by atoms with E-state index in [1.165, 1.54) is 32.1 Å². The van der Waals surface area contributed by atoms with E-state index in [0.717, 1.165) is 71.8 Å². The van der Waals surface area contributed by atoms with Crippen molar-refractivity contribution >= 4 is 20.7 Å². The van der Waals surface area contributed by atoms with Gasteiger partial charge in [0.1, 0.15) is 21.3 Å². The van der Waals surface area contributed by atoms with Crippen molar-refractivity contribution in [1.82, 2.24) is 4.98 Å². The molecular formula is C30H43NO4S. The number of sulfone groups is 1. The van der Waals surface area contributed by atoms with Crippen LogP contribution in [-0.4, -0.2) is 35.1 Å². The van der Waals surface area contributed by atoms with Gasteiger partial charge in [0.05, 0.1) is 5.75 Å². The predicted octanol–water partition coefficient (Wildman–Crippen LogP) is 7.82. The van der Waals surface area contributed by atoms with E-state index in [1.807, 2.05) is 25.1 Å². The lowest BCUT2D eigenvalue weighted by Gasteiger charge is -2.08. The lowest BCUT2D eigenvalue weighted by molar-refractivity contribution is 0.467. The Hall–Kier alpha value is -2.47. The number of aromatic amines is 1. The average molecular weight is 514 g/mol. The van der Waals surface area contributed by atoms with Gasteiger partial charge in [-0.25, -0.2) is 8.42 Å². The molecular weight excluding hydrogens is 470 g/mol. The van der Waals surface area contributed by atoms with Crippen molar-refractivity contribution < 1.29 is 18.6 Å². The molecule has 3 rings (SSSR count). The summed E-state index contributed by atoms with van der Waals surface area (Å²) in [6.45, 7) is 4.01. The quantitative estimate of drug-likeness (QED) is 0.170. The van der Waals surface area contributed by atoms with Gasteiger partial charge in [-0.1, -0.05) is 58.3 Å². The number of aromatic hydroxyl groups is 2. The van der Waals surface area contributed by atoms with Crippen LogP contribution in [0.5, 0.6) is 11.5 Å². The Morgan fingerprint density at radius 2 is 1.33 bits per heavy atom. The second-order valence-electron chi connectivity index (χ2n) is 10.1. The lowest BCUT2D eigenvalue weighted by Crippen LogP contribution is -2.10. The number of rotatable bonds is 16. The molecule has 6 heteroatoms. The zero-order valence-corrected chi connectivity index (χ0v) is 22.8. The molecule has 0 atom stereocenters. The van der Waals surface area contributed by atoms with Gasteiger partial charge in [0.15, 0.2) is 0 Å². The van der Waals surface area contributed by atoms with Crippen LogP contribution in [0, 0.1) is 6.92 Å². The molecule has 3 N–H and O–H groups in total. The molecule has 0 aliphatic carbocycles. The fourth-order valence-corrected chi connectivity index (χ4v) is 6.61. The minimum atomic E-state index is -2.82. The van der Waals surface area contributed by atoms with Gasteiger partial charge < -0.3 is 15.2 Å². The van der Waals surface area contributed by atoms with Crippen LogP contribution < -0.4 is 0 Å². The smallest absolute Gasteiger partial charge is 0.150 e. The first-order valence-corrected chi connectivity index (χ1v) is 15.5. The SMILES string of the molecule is CCCS(=O)(=O)CCCCCCCCCCCCc1c(O)ccc2[nH]c(-c3ccc(O)cc3)c(C)c12. The molecule has 0 amide bonds. The molecule has 0 aliphatic heterocycles. The first-order valence-electron chi connectivity index (χ1n) is 13.7. The van der Waals surface area contributed by atoms with Crippen LogP contribution in [-0.2, 0) is 16.3 Å². The van der Waals surface area contributed by atoms with E-state index >= 15 is 0 Å². The average Bonchev–Trinajstić information content (AvgIpc) is 3.18. The van der Waals surface area contributed by atoms with E-state index < -0.39 is 9.84 Å². The molecule has 3 aromatic rings. The van der Waals surface area contributed by atoms with Crippen LogP contribution in [0.1, 0.15) is 88.7 Å². The highest BCUT2D eigenvalue weighted by Crippen LogP contribution is 2.36. The normalized spacial score (nSPS) is 11.9. The summed E-state index contributed by atoms with van der Waals surface area (Å²) in [6, 6.07) is 10.9. The Morgan fingerprint density at radius 3 is 1.94 bits per heavy atom. The molecule has 198 valence electrons. The maximum absolute atomic E-state index is 11.7. The second-order valence-corrected chi connectivity index (χ2v) is 12.4. The summed E-state index contributed by atoms with van der Waals surface area (Å²) < 4.78 is 23.5. The lowest BCUT2D eigenvalue weighted by atomic mass is 9.97. The van der Waals surface area contributed by atoms with Gasteiger partial charge in [-0.3, -0.25) is 0 Å². The van der Waals surface area contributed by atoms with Crippen LogP contribution in [0.2, 0.25) is 0 Å². The van der Waals surface area contributed by atoms with Gasteiger partial charge in [0.25, 0.3) is 0 Å². The third kappa shape index (κ3) is 8.02. The molecule has 1 aromatic heterocycles. The summed E-state index contributed by atoms with van der Waals surface area (Å²) in [7, 11) is -2.82. The highest BCUT2D eigenvalue weighted by molar-refractivity contribution is 7.91. The maximum atomic E-state index is 11.7. The van der Waals surface area contributed by atoms with Crippen molar-refractivity contribution in [3.63, 3.8) is 0 Å². The number of fused-ring (bicyclic) bond motifs is 1. The van der Waals surface area contributed by atoms with Crippen molar-refractivity contribution in [1.29, 1.82) is 0 Å². The first kappa shape index (κ1) is 28.1. The number of H-pyrrole nitrogens is 1. The summed E-state index contributed by atoms with van der Waals surface area (Å²) in [4.78, 5) is 3.50. The fraction of sp³-hybridized carbons (Fsp3) is 0.533. The van der Waals surface area contributed by atoms with Gasteiger partial charge in [0.2, 0.25) is 0 Å². The molecule has 0 fully saturated rings. The number of aromatic nitrogens is 1. The monoisotopic (exact) mass is 513 g/mol. The maximum Gasteiger partial charge on any atom is 0.150 e. The summed E-state index contributed by atoms with van der Waals surface area (Å²) in [5, 5.41) is 21.3. The number of hydrogen-bond acceptors (Lipinski definition) is 4. The minimum Gasteiger partial charge on any atom is -0.508 e. The van der Waals surface area contributed by atoms with Crippen molar-refractivity contribution in [3.8, 4) is 22.8 Å². The highest BCUT2D eigenvalue weighted by Gasteiger charge is 2.15. The van der Waals surface area contributed by atoms with E-state index in [-0.39, 0.29) is 5.75 Å². The number of hydrogen-bond donors (Lipinski definition) is 3. The zero-order valence-electron chi connectivity index (χ0n) is 22.0. The summed E-state index contributed by atoms with van der Waals surface area (Å²) >= 11 is 0. The van der Waals surface area contributed by atoms with Crippen LogP contribution in [0.25, 0.3) is 22.2 Å².